The highest BCUT2D eigenvalue weighted by molar-refractivity contribution is 5.95. The molecule has 2 N–H and O–H groups in total. The first-order valence-electron chi connectivity index (χ1n) is 6.40. The molecular weight excluding hydrogens is 307 g/mol. The summed E-state index contributed by atoms with van der Waals surface area (Å²) in [5.41, 5.74) is 4.92. The van der Waals surface area contributed by atoms with Gasteiger partial charge < -0.3 is 10.6 Å². The summed E-state index contributed by atoms with van der Waals surface area (Å²) >= 11 is 0. The highest BCUT2D eigenvalue weighted by atomic mass is 35.5. The molecule has 1 aliphatic heterocycles. The van der Waals surface area contributed by atoms with Crippen LogP contribution >= 0.6 is 12.4 Å². The average Bonchev–Trinajstić information content (AvgIpc) is 2.85. The summed E-state index contributed by atoms with van der Waals surface area (Å²) in [6.45, 7) is 2.36. The Labute approximate surface area is 126 Å². The molecule has 1 aromatic heterocycles. The first-order valence-corrected chi connectivity index (χ1v) is 6.40. The third kappa shape index (κ3) is 3.65. The van der Waals surface area contributed by atoms with E-state index >= 15 is 0 Å². The molecule has 1 saturated heterocycles. The van der Waals surface area contributed by atoms with Crippen molar-refractivity contribution < 1.29 is 18.0 Å². The van der Waals surface area contributed by atoms with Crippen LogP contribution in [0.3, 0.4) is 0 Å². The fraction of sp³-hybridized carbons (Fsp3) is 0.538. The van der Waals surface area contributed by atoms with Gasteiger partial charge in [-0.15, -0.1) is 12.4 Å². The number of carbonyl (C=O) groups is 1. The second-order valence-electron chi connectivity index (χ2n) is 4.86. The van der Waals surface area contributed by atoms with Crippen LogP contribution in [-0.4, -0.2) is 34.9 Å². The van der Waals surface area contributed by atoms with Gasteiger partial charge in [0.25, 0.3) is 5.91 Å². The van der Waals surface area contributed by atoms with Crippen molar-refractivity contribution in [2.75, 3.05) is 13.1 Å². The van der Waals surface area contributed by atoms with Gasteiger partial charge in [0.05, 0.1) is 11.3 Å². The van der Waals surface area contributed by atoms with Crippen LogP contribution < -0.4 is 5.73 Å². The van der Waals surface area contributed by atoms with Crippen LogP contribution in [0.25, 0.3) is 0 Å². The van der Waals surface area contributed by atoms with E-state index in [1.54, 1.807) is 4.90 Å². The molecule has 8 heteroatoms. The van der Waals surface area contributed by atoms with E-state index in [2.05, 4.69) is 4.98 Å². The van der Waals surface area contributed by atoms with Crippen LogP contribution in [0, 0.1) is 6.92 Å². The van der Waals surface area contributed by atoms with Crippen LogP contribution in [0.2, 0.25) is 0 Å². The lowest BCUT2D eigenvalue weighted by molar-refractivity contribution is -0.141. The number of carbonyl (C=O) groups excluding carboxylic acids is 1. The third-order valence-corrected chi connectivity index (χ3v) is 3.52. The fourth-order valence-corrected chi connectivity index (χ4v) is 2.45. The zero-order valence-electron chi connectivity index (χ0n) is 11.5. The zero-order chi connectivity index (χ0) is 14.9. The lowest BCUT2D eigenvalue weighted by Crippen LogP contribution is -2.40. The minimum atomic E-state index is -4.50. The lowest BCUT2D eigenvalue weighted by atomic mass is 10.1. The number of amides is 1. The van der Waals surface area contributed by atoms with Gasteiger partial charge in [0, 0.05) is 19.1 Å². The van der Waals surface area contributed by atoms with Crippen LogP contribution in [-0.2, 0) is 6.18 Å². The van der Waals surface area contributed by atoms with Crippen molar-refractivity contribution in [2.45, 2.75) is 32.0 Å². The quantitative estimate of drug-likeness (QED) is 0.909. The number of nitrogens with two attached hydrogens (primary N) is 1. The number of hydrogen-bond acceptors (Lipinski definition) is 3. The Morgan fingerprint density at radius 2 is 2.14 bits per heavy atom. The van der Waals surface area contributed by atoms with Gasteiger partial charge in [0.2, 0.25) is 0 Å². The molecule has 1 unspecified atom stereocenters. The number of nitrogens with zero attached hydrogens (tertiary/aromatic N) is 2. The summed E-state index contributed by atoms with van der Waals surface area (Å²) in [7, 11) is 0. The van der Waals surface area contributed by atoms with Crippen molar-refractivity contribution in [3.8, 4) is 0 Å². The lowest BCUT2D eigenvalue weighted by Gasteiger charge is -2.24. The normalized spacial score (nSPS) is 18.5. The summed E-state index contributed by atoms with van der Waals surface area (Å²) in [5, 5.41) is 0. The number of likely N-dealkylation sites (tertiary alicyclic amines) is 1. The van der Waals surface area contributed by atoms with Gasteiger partial charge in [0.1, 0.15) is 5.69 Å². The number of aryl methyl sites for hydroxylation is 1. The SMILES string of the molecule is Cc1nc(C(F)(F)F)ccc1C(=O)N1CCCC1CN.Cl. The monoisotopic (exact) mass is 323 g/mol. The third-order valence-electron chi connectivity index (χ3n) is 3.52. The van der Waals surface area contributed by atoms with Crippen molar-refractivity contribution in [1.82, 2.24) is 9.88 Å². The molecule has 1 aromatic rings. The molecule has 0 spiro atoms. The van der Waals surface area contributed by atoms with E-state index < -0.39 is 11.9 Å². The van der Waals surface area contributed by atoms with Crippen molar-refractivity contribution in [2.24, 2.45) is 5.73 Å². The Morgan fingerprint density at radius 1 is 1.48 bits per heavy atom. The molecular formula is C13H17ClF3N3O. The maximum Gasteiger partial charge on any atom is 0.433 e. The van der Waals surface area contributed by atoms with Gasteiger partial charge in [-0.3, -0.25) is 4.79 Å². The second kappa shape index (κ2) is 6.62. The molecule has 0 aliphatic carbocycles. The summed E-state index contributed by atoms with van der Waals surface area (Å²) < 4.78 is 37.6. The van der Waals surface area contributed by atoms with Crippen LogP contribution in [0.4, 0.5) is 13.2 Å². The predicted molar refractivity (Wildman–Crippen MR) is 74.3 cm³/mol. The summed E-state index contributed by atoms with van der Waals surface area (Å²) in [6, 6.07) is 2.00. The van der Waals surface area contributed by atoms with E-state index in [9.17, 15) is 18.0 Å². The molecule has 0 bridgehead atoms. The number of rotatable bonds is 2. The highest BCUT2D eigenvalue weighted by Gasteiger charge is 2.34. The summed E-state index contributed by atoms with van der Waals surface area (Å²) in [4.78, 5) is 17.5. The Hall–Kier alpha value is -1.34. The van der Waals surface area contributed by atoms with Crippen molar-refractivity contribution in [3.63, 3.8) is 0 Å². The van der Waals surface area contributed by atoms with E-state index in [1.807, 2.05) is 0 Å². The van der Waals surface area contributed by atoms with E-state index in [4.69, 9.17) is 5.73 Å². The molecule has 1 atom stereocenters. The van der Waals surface area contributed by atoms with Crippen molar-refractivity contribution in [3.05, 3.63) is 29.1 Å². The maximum absolute atomic E-state index is 12.5. The smallest absolute Gasteiger partial charge is 0.334 e. The van der Waals surface area contributed by atoms with Gasteiger partial charge in [-0.1, -0.05) is 0 Å². The zero-order valence-corrected chi connectivity index (χ0v) is 12.3. The Balaban J connectivity index is 0.00000220. The maximum atomic E-state index is 12.5. The minimum absolute atomic E-state index is 0. The number of aromatic nitrogens is 1. The first-order chi connectivity index (χ1) is 9.34. The molecule has 0 saturated carbocycles. The van der Waals surface area contributed by atoms with Crippen LogP contribution in [0.15, 0.2) is 12.1 Å². The number of alkyl halides is 3. The molecule has 1 fully saturated rings. The van der Waals surface area contributed by atoms with E-state index in [-0.39, 0.29) is 35.6 Å². The summed E-state index contributed by atoms with van der Waals surface area (Å²) in [5.74, 6) is -0.295. The molecule has 1 amide bonds. The number of pyridine rings is 1. The Kier molecular flexibility index (Phi) is 5.58. The average molecular weight is 324 g/mol. The molecule has 1 aliphatic rings. The first kappa shape index (κ1) is 17.7. The molecule has 2 rings (SSSR count). The fourth-order valence-electron chi connectivity index (χ4n) is 2.45. The molecule has 0 radical (unpaired) electrons. The topological polar surface area (TPSA) is 59.2 Å². The molecule has 0 aromatic carbocycles. The molecule has 21 heavy (non-hydrogen) atoms. The Bertz CT molecular complexity index is 522. The number of hydrogen-bond donors (Lipinski definition) is 1. The number of halogens is 4. The van der Waals surface area contributed by atoms with Crippen molar-refractivity contribution in [1.29, 1.82) is 0 Å². The Morgan fingerprint density at radius 3 is 2.67 bits per heavy atom. The van der Waals surface area contributed by atoms with Crippen LogP contribution in [0.5, 0.6) is 0 Å². The van der Waals surface area contributed by atoms with Gasteiger partial charge >= 0.3 is 6.18 Å². The largest absolute Gasteiger partial charge is 0.433 e. The second-order valence-corrected chi connectivity index (χ2v) is 4.86. The van der Waals surface area contributed by atoms with Crippen molar-refractivity contribution >= 4 is 18.3 Å². The van der Waals surface area contributed by atoms with E-state index in [0.717, 1.165) is 18.9 Å². The molecule has 4 nitrogen and oxygen atoms in total. The van der Waals surface area contributed by atoms with Gasteiger partial charge in [0.15, 0.2) is 0 Å². The standard InChI is InChI=1S/C13H16F3N3O.ClH/c1-8-10(4-5-11(18-8)13(14,15)16)12(20)19-6-2-3-9(19)7-17;/h4-5,9H,2-3,6-7,17H2,1H3;1H. The van der Waals surface area contributed by atoms with Gasteiger partial charge in [-0.2, -0.15) is 13.2 Å². The van der Waals surface area contributed by atoms with E-state index in [1.165, 1.54) is 13.0 Å². The van der Waals surface area contributed by atoms with Gasteiger partial charge in [-0.05, 0) is 31.9 Å². The minimum Gasteiger partial charge on any atom is -0.334 e. The highest BCUT2D eigenvalue weighted by Crippen LogP contribution is 2.29. The predicted octanol–water partition coefficient (Wildman–Crippen LogP) is 2.39. The van der Waals surface area contributed by atoms with Gasteiger partial charge in [-0.25, -0.2) is 4.98 Å². The molecule has 118 valence electrons. The molecule has 2 heterocycles. The summed E-state index contributed by atoms with van der Waals surface area (Å²) in [6.07, 6.45) is -2.81. The van der Waals surface area contributed by atoms with E-state index in [0.29, 0.717) is 13.1 Å². The van der Waals surface area contributed by atoms with Crippen LogP contribution in [0.1, 0.15) is 34.6 Å².